The number of esters is 2. The van der Waals surface area contributed by atoms with Crippen molar-refractivity contribution in [1.29, 1.82) is 0 Å². The molecular formula is C12H18MgO6. The van der Waals surface area contributed by atoms with Crippen molar-refractivity contribution in [3.05, 3.63) is 13.8 Å². The van der Waals surface area contributed by atoms with E-state index >= 15 is 0 Å². The Kier molecular flexibility index (Phi) is 17.9. The molecule has 6 nitrogen and oxygen atoms in total. The molecule has 0 spiro atoms. The van der Waals surface area contributed by atoms with Gasteiger partial charge in [-0.15, -0.1) is 0 Å². The third-order valence-electron chi connectivity index (χ3n) is 1.29. The number of carbonyl (C=O) groups excluding carboxylic acids is 4. The van der Waals surface area contributed by atoms with Crippen molar-refractivity contribution in [2.45, 2.75) is 26.7 Å². The molecule has 0 heterocycles. The Morgan fingerprint density at radius 3 is 1.21 bits per heavy atom. The fourth-order valence-electron chi connectivity index (χ4n) is 0.746. The standard InChI is InChI=1S/2C6H9O3.Mg/c2*1-3-9-6(8)4-5(2)7;/h2*2-4H2,1H3;/q2*-1;+2. The SMILES string of the molecule is [CH2-]C(=O)CC(=O)OCC.[CH2-]C(=O)CC(=O)OCC.[Mg+2]. The van der Waals surface area contributed by atoms with E-state index in [2.05, 4.69) is 23.3 Å². The van der Waals surface area contributed by atoms with Crippen molar-refractivity contribution in [2.24, 2.45) is 0 Å². The Morgan fingerprint density at radius 1 is 0.789 bits per heavy atom. The van der Waals surface area contributed by atoms with Crippen LogP contribution in [-0.4, -0.2) is 59.8 Å². The van der Waals surface area contributed by atoms with Crippen LogP contribution in [0.4, 0.5) is 0 Å². The van der Waals surface area contributed by atoms with Crippen LogP contribution in [0.25, 0.3) is 0 Å². The van der Waals surface area contributed by atoms with Gasteiger partial charge in [0.1, 0.15) is 0 Å². The molecule has 0 unspecified atom stereocenters. The topological polar surface area (TPSA) is 86.7 Å². The second-order valence-corrected chi connectivity index (χ2v) is 3.04. The molecule has 0 radical (unpaired) electrons. The van der Waals surface area contributed by atoms with Crippen LogP contribution >= 0.6 is 0 Å². The van der Waals surface area contributed by atoms with E-state index in [1.807, 2.05) is 0 Å². The van der Waals surface area contributed by atoms with Crippen molar-refractivity contribution in [3.63, 3.8) is 0 Å². The van der Waals surface area contributed by atoms with E-state index in [4.69, 9.17) is 0 Å². The molecule has 0 saturated carbocycles. The summed E-state index contributed by atoms with van der Waals surface area (Å²) in [5.41, 5.74) is 0. The first-order chi connectivity index (χ1) is 8.33. The average molecular weight is 283 g/mol. The molecule has 0 aliphatic rings. The van der Waals surface area contributed by atoms with Crippen LogP contribution in [0.1, 0.15) is 26.7 Å². The third kappa shape index (κ3) is 22.4. The van der Waals surface area contributed by atoms with Gasteiger partial charge in [-0.2, -0.15) is 0 Å². The number of rotatable bonds is 6. The summed E-state index contributed by atoms with van der Waals surface area (Å²) >= 11 is 0. The molecule has 7 heteroatoms. The van der Waals surface area contributed by atoms with Crippen molar-refractivity contribution in [2.75, 3.05) is 13.2 Å². The van der Waals surface area contributed by atoms with Gasteiger partial charge in [0.25, 0.3) is 0 Å². The van der Waals surface area contributed by atoms with Gasteiger partial charge in [0.05, 0.1) is 26.1 Å². The quantitative estimate of drug-likeness (QED) is 0.301. The summed E-state index contributed by atoms with van der Waals surface area (Å²) in [6.45, 7) is 10.0. The van der Waals surface area contributed by atoms with Gasteiger partial charge in [-0.05, 0) is 13.8 Å². The molecule has 0 aliphatic carbocycles. The van der Waals surface area contributed by atoms with Gasteiger partial charge >= 0.3 is 35.0 Å². The third-order valence-corrected chi connectivity index (χ3v) is 1.29. The maximum Gasteiger partial charge on any atom is 2.00 e. The molecule has 0 rings (SSSR count). The first-order valence-electron chi connectivity index (χ1n) is 5.34. The number of hydrogen-bond donors (Lipinski definition) is 0. The van der Waals surface area contributed by atoms with E-state index in [1.165, 1.54) is 0 Å². The molecule has 0 atom stereocenters. The summed E-state index contributed by atoms with van der Waals surface area (Å²) < 4.78 is 8.91. The number of Topliss-reactive ketones (excluding diaryl/α,β-unsaturated/α-hetero) is 2. The minimum atomic E-state index is -0.502. The van der Waals surface area contributed by atoms with Crippen molar-refractivity contribution < 1.29 is 28.7 Å². The van der Waals surface area contributed by atoms with E-state index in [9.17, 15) is 19.2 Å². The molecule has 0 aromatic rings. The zero-order valence-electron chi connectivity index (χ0n) is 11.4. The Bertz CT molecular complexity index is 271. The van der Waals surface area contributed by atoms with Gasteiger partial charge in [0, 0.05) is 11.6 Å². The first kappa shape index (κ1) is 22.9. The molecular weight excluding hydrogens is 264 g/mol. The molecule has 0 aromatic carbocycles. The molecule has 0 N–H and O–H groups in total. The van der Waals surface area contributed by atoms with E-state index in [-0.39, 0.29) is 35.9 Å². The molecule has 0 saturated heterocycles. The van der Waals surface area contributed by atoms with Crippen LogP contribution in [0, 0.1) is 13.8 Å². The van der Waals surface area contributed by atoms with Crippen molar-refractivity contribution >= 4 is 46.6 Å². The van der Waals surface area contributed by atoms with E-state index in [1.54, 1.807) is 13.8 Å². The van der Waals surface area contributed by atoms with Crippen molar-refractivity contribution in [1.82, 2.24) is 0 Å². The summed E-state index contributed by atoms with van der Waals surface area (Å²) in [4.78, 5) is 41.0. The zero-order valence-corrected chi connectivity index (χ0v) is 12.8. The minimum Gasteiger partial charge on any atom is -0.466 e. The second kappa shape index (κ2) is 14.8. The van der Waals surface area contributed by atoms with Gasteiger partial charge in [-0.1, -0.05) is 0 Å². The fraction of sp³-hybridized carbons (Fsp3) is 0.500. The first-order valence-corrected chi connectivity index (χ1v) is 5.34. The monoisotopic (exact) mass is 282 g/mol. The molecule has 0 fully saturated rings. The normalized spacial score (nSPS) is 8.11. The summed E-state index contributed by atoms with van der Waals surface area (Å²) in [6, 6.07) is 0. The van der Waals surface area contributed by atoms with Crippen LogP contribution in [0.5, 0.6) is 0 Å². The molecule has 19 heavy (non-hydrogen) atoms. The molecule has 0 amide bonds. The number of ketones is 2. The van der Waals surface area contributed by atoms with Crippen LogP contribution in [0.15, 0.2) is 0 Å². The van der Waals surface area contributed by atoms with Crippen LogP contribution in [0.3, 0.4) is 0 Å². The van der Waals surface area contributed by atoms with Gasteiger partial charge in [-0.25, -0.2) is 0 Å². The summed E-state index contributed by atoms with van der Waals surface area (Å²) in [5.74, 6) is -1.82. The van der Waals surface area contributed by atoms with E-state index in [0.29, 0.717) is 13.2 Å². The minimum absolute atomic E-state index is 0. The zero-order chi connectivity index (χ0) is 14.6. The van der Waals surface area contributed by atoms with Crippen molar-refractivity contribution in [3.8, 4) is 0 Å². The largest absolute Gasteiger partial charge is 2.00 e. The summed E-state index contributed by atoms with van der Waals surface area (Å²) in [5, 5.41) is 0. The van der Waals surface area contributed by atoms with Gasteiger partial charge in [0.15, 0.2) is 0 Å². The van der Waals surface area contributed by atoms with Gasteiger partial charge < -0.3 is 32.9 Å². The molecule has 104 valence electrons. The maximum atomic E-state index is 10.4. The Hall–Kier alpha value is -1.21. The number of carbonyl (C=O) groups is 4. The van der Waals surface area contributed by atoms with Gasteiger partial charge in [0.2, 0.25) is 0 Å². The molecule has 0 aliphatic heterocycles. The second-order valence-electron chi connectivity index (χ2n) is 3.04. The number of ether oxygens (including phenoxy) is 2. The Labute approximate surface area is 129 Å². The summed E-state index contributed by atoms with van der Waals surface area (Å²) in [7, 11) is 0. The predicted molar refractivity (Wildman–Crippen MR) is 69.0 cm³/mol. The maximum absolute atomic E-state index is 10.4. The smallest absolute Gasteiger partial charge is 0.466 e. The average Bonchev–Trinajstić information content (AvgIpc) is 2.16. The van der Waals surface area contributed by atoms with E-state index in [0.717, 1.165) is 0 Å². The Morgan fingerprint density at radius 2 is 1.05 bits per heavy atom. The summed E-state index contributed by atoms with van der Waals surface area (Å²) in [6.07, 6.45) is -0.429. The van der Waals surface area contributed by atoms with Crippen LogP contribution in [0.2, 0.25) is 0 Å². The predicted octanol–water partition coefficient (Wildman–Crippen LogP) is 0.305. The molecule has 0 bridgehead atoms. The van der Waals surface area contributed by atoms with E-state index < -0.39 is 23.5 Å². The molecule has 0 aromatic heterocycles. The Balaban J connectivity index is -0.000000256. The van der Waals surface area contributed by atoms with Gasteiger partial charge in [-0.3, -0.25) is 9.59 Å². The van der Waals surface area contributed by atoms with Crippen LogP contribution in [-0.2, 0) is 28.7 Å². The fourth-order valence-corrected chi connectivity index (χ4v) is 0.746. The van der Waals surface area contributed by atoms with Crippen LogP contribution < -0.4 is 0 Å². The number of hydrogen-bond acceptors (Lipinski definition) is 6.